The monoisotopic (exact) mass is 168 g/mol. The highest BCUT2D eigenvalue weighted by Crippen LogP contribution is 2.26. The van der Waals surface area contributed by atoms with Crippen LogP contribution >= 0.6 is 0 Å². The van der Waals surface area contributed by atoms with E-state index in [1.165, 1.54) is 12.8 Å². The second kappa shape index (κ2) is 6.08. The molecule has 1 heteroatoms. The normalized spacial score (nSPS) is 11.2. The molecule has 0 N–H and O–H groups in total. The Bertz CT molecular complexity index is 142. The molecule has 0 rings (SSSR count). The fourth-order valence-electron chi connectivity index (χ4n) is 1.21. The highest BCUT2D eigenvalue weighted by molar-refractivity contribution is 4.90. The first-order chi connectivity index (χ1) is 5.62. The molecule has 12 heavy (non-hydrogen) atoms. The third-order valence-electron chi connectivity index (χ3n) is 2.03. The maximum atomic E-state index is 5.27. The minimum Gasteiger partial charge on any atom is -0.385 e. The van der Waals surface area contributed by atoms with Gasteiger partial charge in [-0.2, -0.15) is 0 Å². The van der Waals surface area contributed by atoms with E-state index in [4.69, 9.17) is 11.2 Å². The number of hydrogen-bond donors (Lipinski definition) is 0. The van der Waals surface area contributed by atoms with Gasteiger partial charge in [-0.05, 0) is 18.3 Å². The van der Waals surface area contributed by atoms with Crippen LogP contribution in [0.1, 0.15) is 39.5 Å². The molecule has 0 spiro atoms. The lowest BCUT2D eigenvalue weighted by Gasteiger charge is -2.21. The summed E-state index contributed by atoms with van der Waals surface area (Å²) in [7, 11) is 1.74. The standard InChI is InChI=1S/C11H20O/c1-5-8-11(2,3)9-6-7-10-12-4/h1H,6-10H2,2-4H3. The molecule has 1 nitrogen and oxygen atoms in total. The molecule has 0 saturated carbocycles. The Morgan fingerprint density at radius 2 is 2.00 bits per heavy atom. The van der Waals surface area contributed by atoms with Crippen LogP contribution in [0.3, 0.4) is 0 Å². The molecule has 0 fully saturated rings. The molecule has 0 amide bonds. The van der Waals surface area contributed by atoms with Crippen molar-refractivity contribution in [1.82, 2.24) is 0 Å². The Hall–Kier alpha value is -0.480. The summed E-state index contributed by atoms with van der Waals surface area (Å²) in [4.78, 5) is 0. The van der Waals surface area contributed by atoms with Crippen molar-refractivity contribution in [3.8, 4) is 12.3 Å². The smallest absolute Gasteiger partial charge is 0.0462 e. The average molecular weight is 168 g/mol. The van der Waals surface area contributed by atoms with Gasteiger partial charge in [0.05, 0.1) is 0 Å². The molecule has 0 bridgehead atoms. The van der Waals surface area contributed by atoms with Gasteiger partial charge in [-0.3, -0.25) is 0 Å². The van der Waals surface area contributed by atoms with Crippen LogP contribution in [0.5, 0.6) is 0 Å². The molecule has 0 aliphatic heterocycles. The van der Waals surface area contributed by atoms with E-state index in [0.29, 0.717) is 5.41 Å². The van der Waals surface area contributed by atoms with E-state index in [0.717, 1.165) is 19.4 Å². The number of rotatable bonds is 6. The van der Waals surface area contributed by atoms with Gasteiger partial charge in [0, 0.05) is 20.1 Å². The van der Waals surface area contributed by atoms with Gasteiger partial charge in [0.25, 0.3) is 0 Å². The van der Waals surface area contributed by atoms with Crippen molar-refractivity contribution < 1.29 is 4.74 Å². The quantitative estimate of drug-likeness (QED) is 0.438. The Morgan fingerprint density at radius 3 is 2.50 bits per heavy atom. The maximum absolute atomic E-state index is 5.27. The molecule has 0 atom stereocenters. The van der Waals surface area contributed by atoms with Crippen molar-refractivity contribution in [3.05, 3.63) is 0 Å². The zero-order valence-electron chi connectivity index (χ0n) is 8.52. The number of unbranched alkanes of at least 4 members (excludes halogenated alkanes) is 1. The Labute approximate surface area is 76.5 Å². The van der Waals surface area contributed by atoms with Crippen LogP contribution < -0.4 is 0 Å². The molecule has 0 aromatic carbocycles. The van der Waals surface area contributed by atoms with Crippen LogP contribution in [0.4, 0.5) is 0 Å². The van der Waals surface area contributed by atoms with Crippen LogP contribution in [-0.2, 0) is 4.74 Å². The van der Waals surface area contributed by atoms with E-state index < -0.39 is 0 Å². The Balaban J connectivity index is 3.42. The first-order valence-corrected chi connectivity index (χ1v) is 4.55. The molecular weight excluding hydrogens is 148 g/mol. The average Bonchev–Trinajstić information content (AvgIpc) is 1.98. The predicted molar refractivity (Wildman–Crippen MR) is 53.0 cm³/mol. The fraction of sp³-hybridized carbons (Fsp3) is 0.818. The van der Waals surface area contributed by atoms with Crippen LogP contribution in [0.25, 0.3) is 0 Å². The highest BCUT2D eigenvalue weighted by Gasteiger charge is 2.15. The first-order valence-electron chi connectivity index (χ1n) is 4.55. The van der Waals surface area contributed by atoms with Gasteiger partial charge in [-0.25, -0.2) is 0 Å². The summed E-state index contributed by atoms with van der Waals surface area (Å²) in [5.41, 5.74) is 0.308. The summed E-state index contributed by atoms with van der Waals surface area (Å²) in [6, 6.07) is 0. The molecule has 0 aromatic rings. The van der Waals surface area contributed by atoms with Crippen LogP contribution in [0.2, 0.25) is 0 Å². The van der Waals surface area contributed by atoms with E-state index in [1.807, 2.05) is 0 Å². The number of methoxy groups -OCH3 is 1. The molecule has 0 heterocycles. The summed E-state index contributed by atoms with van der Waals surface area (Å²) in [5, 5.41) is 0. The second-order valence-electron chi connectivity index (χ2n) is 4.00. The van der Waals surface area contributed by atoms with Gasteiger partial charge in [0.1, 0.15) is 0 Å². The number of ether oxygens (including phenoxy) is 1. The minimum absolute atomic E-state index is 0.308. The zero-order valence-corrected chi connectivity index (χ0v) is 8.52. The van der Waals surface area contributed by atoms with E-state index in [-0.39, 0.29) is 0 Å². The molecule has 0 unspecified atom stereocenters. The summed E-state index contributed by atoms with van der Waals surface area (Å²) in [6.07, 6.45) is 9.69. The second-order valence-corrected chi connectivity index (χ2v) is 4.00. The van der Waals surface area contributed by atoms with Crippen molar-refractivity contribution in [3.63, 3.8) is 0 Å². The van der Waals surface area contributed by atoms with E-state index >= 15 is 0 Å². The predicted octanol–water partition coefficient (Wildman–Crippen LogP) is 2.85. The summed E-state index contributed by atoms with van der Waals surface area (Å²) in [5.74, 6) is 2.72. The lowest BCUT2D eigenvalue weighted by molar-refractivity contribution is 0.186. The highest BCUT2D eigenvalue weighted by atomic mass is 16.5. The third-order valence-corrected chi connectivity index (χ3v) is 2.03. The Morgan fingerprint density at radius 1 is 1.33 bits per heavy atom. The third kappa shape index (κ3) is 6.24. The number of hydrogen-bond acceptors (Lipinski definition) is 1. The van der Waals surface area contributed by atoms with Crippen molar-refractivity contribution >= 4 is 0 Å². The Kier molecular flexibility index (Phi) is 5.84. The van der Waals surface area contributed by atoms with Gasteiger partial charge in [0.2, 0.25) is 0 Å². The first kappa shape index (κ1) is 11.5. The topological polar surface area (TPSA) is 9.23 Å². The molecule has 0 aliphatic rings. The van der Waals surface area contributed by atoms with Crippen LogP contribution in [-0.4, -0.2) is 13.7 Å². The van der Waals surface area contributed by atoms with Crippen molar-refractivity contribution in [2.75, 3.05) is 13.7 Å². The van der Waals surface area contributed by atoms with Gasteiger partial charge >= 0.3 is 0 Å². The molecular formula is C11H20O. The van der Waals surface area contributed by atoms with Gasteiger partial charge in [0.15, 0.2) is 0 Å². The van der Waals surface area contributed by atoms with Crippen molar-refractivity contribution in [1.29, 1.82) is 0 Å². The summed E-state index contributed by atoms with van der Waals surface area (Å²) in [6.45, 7) is 5.31. The zero-order chi connectivity index (χ0) is 9.45. The lowest BCUT2D eigenvalue weighted by atomic mass is 9.84. The van der Waals surface area contributed by atoms with Crippen LogP contribution in [0.15, 0.2) is 0 Å². The van der Waals surface area contributed by atoms with Gasteiger partial charge < -0.3 is 4.74 Å². The van der Waals surface area contributed by atoms with Crippen LogP contribution in [0, 0.1) is 17.8 Å². The summed E-state index contributed by atoms with van der Waals surface area (Å²) < 4.78 is 4.98. The van der Waals surface area contributed by atoms with E-state index in [2.05, 4.69) is 19.8 Å². The minimum atomic E-state index is 0.308. The van der Waals surface area contributed by atoms with E-state index in [9.17, 15) is 0 Å². The largest absolute Gasteiger partial charge is 0.385 e. The van der Waals surface area contributed by atoms with Gasteiger partial charge in [-0.1, -0.05) is 20.3 Å². The SMILES string of the molecule is C#CCC(C)(C)CCCCOC. The molecule has 0 aliphatic carbocycles. The van der Waals surface area contributed by atoms with E-state index in [1.54, 1.807) is 7.11 Å². The van der Waals surface area contributed by atoms with Crippen molar-refractivity contribution in [2.45, 2.75) is 39.5 Å². The molecule has 0 radical (unpaired) electrons. The van der Waals surface area contributed by atoms with Crippen molar-refractivity contribution in [2.24, 2.45) is 5.41 Å². The molecule has 70 valence electrons. The van der Waals surface area contributed by atoms with Gasteiger partial charge in [-0.15, -0.1) is 12.3 Å². The summed E-state index contributed by atoms with van der Waals surface area (Å²) >= 11 is 0. The maximum Gasteiger partial charge on any atom is 0.0462 e. The lowest BCUT2D eigenvalue weighted by Crippen LogP contribution is -2.10. The molecule has 0 saturated heterocycles. The fourth-order valence-corrected chi connectivity index (χ4v) is 1.21. The molecule has 0 aromatic heterocycles. The number of terminal acetylenes is 1.